The third-order valence-corrected chi connectivity index (χ3v) is 5.06. The van der Waals surface area contributed by atoms with Crippen LogP contribution in [0.1, 0.15) is 21.5 Å². The van der Waals surface area contributed by atoms with Gasteiger partial charge >= 0.3 is 6.18 Å². The van der Waals surface area contributed by atoms with E-state index in [1.54, 1.807) is 11.9 Å². The van der Waals surface area contributed by atoms with Gasteiger partial charge in [-0.1, -0.05) is 12.1 Å². The number of nitrogens with zero attached hydrogens (tertiary/aromatic N) is 3. The summed E-state index contributed by atoms with van der Waals surface area (Å²) in [7, 11) is 1.64. The molecule has 0 aromatic heterocycles. The minimum Gasteiger partial charge on any atom is -0.387 e. The number of hydrogen-bond acceptors (Lipinski definition) is 5. The van der Waals surface area contributed by atoms with Crippen molar-refractivity contribution in [3.05, 3.63) is 69.3 Å². The Hall–Kier alpha value is -3.14. The average Bonchev–Trinajstić information content (AvgIpc) is 2.73. The topological polar surface area (TPSA) is 78.7 Å². The fourth-order valence-electron chi connectivity index (χ4n) is 3.38. The molecule has 2 aromatic rings. The summed E-state index contributed by atoms with van der Waals surface area (Å²) in [6, 6.07) is 9.16. The SMILES string of the molecule is CNc1ccc([N+](=O)[O-])cc1C(=O)N1CCN(Cc2ccc(C(F)(F)F)cc2)CC1. The number of piperazine rings is 1. The Morgan fingerprint density at radius 3 is 2.27 bits per heavy atom. The van der Waals surface area contributed by atoms with Crippen molar-refractivity contribution in [2.24, 2.45) is 0 Å². The summed E-state index contributed by atoms with van der Waals surface area (Å²) >= 11 is 0. The van der Waals surface area contributed by atoms with Crippen molar-refractivity contribution >= 4 is 17.3 Å². The zero-order chi connectivity index (χ0) is 21.9. The first-order valence-electron chi connectivity index (χ1n) is 9.33. The number of carbonyl (C=O) groups is 1. The third kappa shape index (κ3) is 4.88. The molecule has 3 rings (SSSR count). The standard InChI is InChI=1S/C20H21F3N4O3/c1-24-18-7-6-16(27(29)30)12-17(18)19(28)26-10-8-25(9-11-26)13-14-2-4-15(5-3-14)20(21,22)23/h2-7,12,24H,8-11,13H2,1H3. The molecule has 160 valence electrons. The summed E-state index contributed by atoms with van der Waals surface area (Å²) in [5.74, 6) is -0.294. The second-order valence-corrected chi connectivity index (χ2v) is 7.00. The molecule has 7 nitrogen and oxygen atoms in total. The molecule has 1 saturated heterocycles. The molecule has 2 aromatic carbocycles. The monoisotopic (exact) mass is 422 g/mol. The van der Waals surface area contributed by atoms with E-state index >= 15 is 0 Å². The van der Waals surface area contributed by atoms with Gasteiger partial charge in [0.2, 0.25) is 0 Å². The number of benzene rings is 2. The van der Waals surface area contributed by atoms with E-state index in [9.17, 15) is 28.1 Å². The molecular formula is C20H21F3N4O3. The molecule has 1 amide bonds. The van der Waals surface area contributed by atoms with Crippen LogP contribution in [-0.4, -0.2) is 53.9 Å². The van der Waals surface area contributed by atoms with Gasteiger partial charge in [0.1, 0.15) is 0 Å². The Bertz CT molecular complexity index is 924. The number of anilines is 1. The van der Waals surface area contributed by atoms with Gasteiger partial charge in [0, 0.05) is 57.6 Å². The van der Waals surface area contributed by atoms with Gasteiger partial charge in [-0.3, -0.25) is 19.8 Å². The van der Waals surface area contributed by atoms with E-state index in [1.165, 1.54) is 30.3 Å². The Balaban J connectivity index is 1.62. The van der Waals surface area contributed by atoms with Crippen LogP contribution in [0.3, 0.4) is 0 Å². The minimum atomic E-state index is -4.36. The number of nitro groups is 1. The highest BCUT2D eigenvalue weighted by atomic mass is 19.4. The minimum absolute atomic E-state index is 0.154. The first-order valence-corrected chi connectivity index (χ1v) is 9.33. The number of halogens is 3. The van der Waals surface area contributed by atoms with Gasteiger partial charge in [-0.25, -0.2) is 0 Å². The van der Waals surface area contributed by atoms with Crippen molar-refractivity contribution in [3.8, 4) is 0 Å². The summed E-state index contributed by atoms with van der Waals surface area (Å²) < 4.78 is 38.0. The zero-order valence-corrected chi connectivity index (χ0v) is 16.3. The molecule has 0 unspecified atom stereocenters. The summed E-state index contributed by atoms with van der Waals surface area (Å²) in [6.07, 6.45) is -4.36. The van der Waals surface area contributed by atoms with Gasteiger partial charge in [-0.15, -0.1) is 0 Å². The summed E-state index contributed by atoms with van der Waals surface area (Å²) in [5, 5.41) is 13.9. The maximum atomic E-state index is 12.9. The Kier molecular flexibility index (Phi) is 6.25. The summed E-state index contributed by atoms with van der Waals surface area (Å²) in [5.41, 5.74) is 0.678. The van der Waals surface area contributed by atoms with Gasteiger partial charge in [0.25, 0.3) is 11.6 Å². The Morgan fingerprint density at radius 2 is 1.73 bits per heavy atom. The molecule has 1 aliphatic heterocycles. The predicted molar refractivity (Wildman–Crippen MR) is 105 cm³/mol. The normalized spacial score (nSPS) is 15.1. The second kappa shape index (κ2) is 8.70. The van der Waals surface area contributed by atoms with Gasteiger partial charge < -0.3 is 10.2 Å². The van der Waals surface area contributed by atoms with Gasteiger partial charge in [0.05, 0.1) is 16.1 Å². The van der Waals surface area contributed by atoms with Gasteiger partial charge in [0.15, 0.2) is 0 Å². The number of hydrogen-bond donors (Lipinski definition) is 1. The molecule has 1 fully saturated rings. The molecular weight excluding hydrogens is 401 g/mol. The largest absolute Gasteiger partial charge is 0.416 e. The highest BCUT2D eigenvalue weighted by molar-refractivity contribution is 6.00. The van der Waals surface area contributed by atoms with E-state index in [2.05, 4.69) is 10.2 Å². The molecule has 30 heavy (non-hydrogen) atoms. The van der Waals surface area contributed by atoms with E-state index in [0.717, 1.165) is 17.7 Å². The first kappa shape index (κ1) is 21.6. The van der Waals surface area contributed by atoms with Gasteiger partial charge in [-0.05, 0) is 23.8 Å². The summed E-state index contributed by atoms with van der Waals surface area (Å²) in [4.78, 5) is 27.1. The highest BCUT2D eigenvalue weighted by Gasteiger charge is 2.30. The molecule has 10 heteroatoms. The number of non-ortho nitro benzene ring substituents is 1. The fourth-order valence-corrected chi connectivity index (χ4v) is 3.38. The lowest BCUT2D eigenvalue weighted by atomic mass is 10.1. The lowest BCUT2D eigenvalue weighted by molar-refractivity contribution is -0.384. The molecule has 0 aliphatic carbocycles. The number of carbonyl (C=O) groups excluding carboxylic acids is 1. The lowest BCUT2D eigenvalue weighted by Crippen LogP contribution is -2.48. The van der Waals surface area contributed by atoms with Crippen molar-refractivity contribution in [2.75, 3.05) is 38.5 Å². The van der Waals surface area contributed by atoms with Crippen LogP contribution >= 0.6 is 0 Å². The Morgan fingerprint density at radius 1 is 1.10 bits per heavy atom. The van der Waals surface area contributed by atoms with Crippen molar-refractivity contribution in [2.45, 2.75) is 12.7 Å². The van der Waals surface area contributed by atoms with Crippen LogP contribution in [-0.2, 0) is 12.7 Å². The van der Waals surface area contributed by atoms with Crippen molar-refractivity contribution in [1.29, 1.82) is 0 Å². The van der Waals surface area contributed by atoms with E-state index in [-0.39, 0.29) is 17.2 Å². The van der Waals surface area contributed by atoms with Gasteiger partial charge in [-0.2, -0.15) is 13.2 Å². The molecule has 1 N–H and O–H groups in total. The zero-order valence-electron chi connectivity index (χ0n) is 16.3. The number of nitrogens with one attached hydrogen (secondary N) is 1. The fraction of sp³-hybridized carbons (Fsp3) is 0.350. The van der Waals surface area contributed by atoms with Crippen molar-refractivity contribution in [1.82, 2.24) is 9.80 Å². The quantitative estimate of drug-likeness (QED) is 0.588. The number of alkyl halides is 3. The third-order valence-electron chi connectivity index (χ3n) is 5.06. The van der Waals surface area contributed by atoms with Crippen LogP contribution in [0.2, 0.25) is 0 Å². The van der Waals surface area contributed by atoms with Crippen LogP contribution in [0.25, 0.3) is 0 Å². The highest BCUT2D eigenvalue weighted by Crippen LogP contribution is 2.29. The first-order chi connectivity index (χ1) is 14.2. The number of amides is 1. The molecule has 1 heterocycles. The molecule has 0 radical (unpaired) electrons. The maximum absolute atomic E-state index is 12.9. The van der Waals surface area contributed by atoms with E-state index in [0.29, 0.717) is 38.4 Å². The molecule has 0 spiro atoms. The van der Waals surface area contributed by atoms with Crippen molar-refractivity contribution in [3.63, 3.8) is 0 Å². The van der Waals surface area contributed by atoms with Crippen LogP contribution in [0.5, 0.6) is 0 Å². The average molecular weight is 422 g/mol. The Labute approximate surface area is 171 Å². The van der Waals surface area contributed by atoms with Crippen LogP contribution in [0.4, 0.5) is 24.5 Å². The summed E-state index contributed by atoms with van der Waals surface area (Å²) in [6.45, 7) is 2.43. The number of rotatable bonds is 5. The van der Waals surface area contributed by atoms with E-state index in [1.807, 2.05) is 0 Å². The smallest absolute Gasteiger partial charge is 0.387 e. The van der Waals surface area contributed by atoms with Crippen molar-refractivity contribution < 1.29 is 22.9 Å². The molecule has 0 atom stereocenters. The predicted octanol–water partition coefficient (Wildman–Crippen LogP) is 3.61. The van der Waals surface area contributed by atoms with Crippen LogP contribution < -0.4 is 5.32 Å². The lowest BCUT2D eigenvalue weighted by Gasteiger charge is -2.35. The van der Waals surface area contributed by atoms with E-state index < -0.39 is 16.7 Å². The number of nitro benzene ring substituents is 1. The molecule has 0 saturated carbocycles. The molecule has 1 aliphatic rings. The van der Waals surface area contributed by atoms with Crippen LogP contribution in [0, 0.1) is 10.1 Å². The van der Waals surface area contributed by atoms with Crippen LogP contribution in [0.15, 0.2) is 42.5 Å². The second-order valence-electron chi connectivity index (χ2n) is 7.00. The maximum Gasteiger partial charge on any atom is 0.416 e. The van der Waals surface area contributed by atoms with E-state index in [4.69, 9.17) is 0 Å². The molecule has 0 bridgehead atoms.